The molecule has 17 heavy (non-hydrogen) atoms. The van der Waals surface area contributed by atoms with Gasteiger partial charge in [0.1, 0.15) is 0 Å². The Balaban J connectivity index is 4.43. The van der Waals surface area contributed by atoms with Crippen molar-refractivity contribution in [3.63, 3.8) is 0 Å². The quantitative estimate of drug-likeness (QED) is 0.516. The predicted octanol–water partition coefficient (Wildman–Crippen LogP) is 4.94. The first-order valence-corrected chi connectivity index (χ1v) is 8.50. The van der Waals surface area contributed by atoms with E-state index in [-0.39, 0.29) is 0 Å². The maximum atomic E-state index is 3.68. The molecule has 0 bridgehead atoms. The van der Waals surface area contributed by atoms with Gasteiger partial charge in [0.25, 0.3) is 0 Å². The molecule has 1 unspecified atom stereocenters. The highest BCUT2D eigenvalue weighted by molar-refractivity contribution is 9.09. The molecule has 0 heterocycles. The summed E-state index contributed by atoms with van der Waals surface area (Å²) in [6.45, 7) is 14.1. The van der Waals surface area contributed by atoms with Crippen molar-refractivity contribution in [3.8, 4) is 0 Å². The Morgan fingerprint density at radius 1 is 1.00 bits per heavy atom. The third-order valence-electron chi connectivity index (χ3n) is 3.47. The molecule has 0 rings (SSSR count). The first kappa shape index (κ1) is 17.4. The summed E-state index contributed by atoms with van der Waals surface area (Å²) in [5, 5.41) is 1.15. The zero-order valence-corrected chi connectivity index (χ0v) is 14.1. The van der Waals surface area contributed by atoms with Crippen LogP contribution in [0.4, 0.5) is 0 Å². The van der Waals surface area contributed by atoms with Crippen molar-refractivity contribution < 1.29 is 0 Å². The van der Waals surface area contributed by atoms with Crippen LogP contribution in [0.1, 0.15) is 60.3 Å². The maximum Gasteiger partial charge on any atom is 0.00902 e. The highest BCUT2D eigenvalue weighted by Gasteiger charge is 2.19. The molecule has 0 spiro atoms. The van der Waals surface area contributed by atoms with Gasteiger partial charge in [-0.15, -0.1) is 0 Å². The topological polar surface area (TPSA) is 3.24 Å². The van der Waals surface area contributed by atoms with E-state index in [1.165, 1.54) is 38.8 Å². The molecule has 0 saturated heterocycles. The lowest BCUT2D eigenvalue weighted by molar-refractivity contribution is 0.143. The first-order chi connectivity index (χ1) is 8.08. The smallest absolute Gasteiger partial charge is 0.00902 e. The Kier molecular flexibility index (Phi) is 10.6. The van der Waals surface area contributed by atoms with Gasteiger partial charge in [0.15, 0.2) is 0 Å². The molecule has 0 aliphatic heterocycles. The Morgan fingerprint density at radius 3 is 1.94 bits per heavy atom. The summed E-state index contributed by atoms with van der Waals surface area (Å²) in [5.41, 5.74) is 0. The minimum atomic E-state index is 0.771. The van der Waals surface area contributed by atoms with Crippen LogP contribution in [0.2, 0.25) is 0 Å². The molecule has 0 aromatic rings. The van der Waals surface area contributed by atoms with E-state index < -0.39 is 0 Å². The Labute approximate surface area is 117 Å². The van der Waals surface area contributed by atoms with E-state index in [1.807, 2.05) is 0 Å². The average Bonchev–Trinajstić information content (AvgIpc) is 2.29. The van der Waals surface area contributed by atoms with Gasteiger partial charge in [0, 0.05) is 24.5 Å². The molecule has 2 heteroatoms. The van der Waals surface area contributed by atoms with Crippen LogP contribution in [-0.4, -0.2) is 29.4 Å². The summed E-state index contributed by atoms with van der Waals surface area (Å²) in [4.78, 5) is 2.73. The molecule has 1 atom stereocenters. The summed E-state index contributed by atoms with van der Waals surface area (Å²) in [5.74, 6) is 1.59. The van der Waals surface area contributed by atoms with Crippen molar-refractivity contribution >= 4 is 15.9 Å². The third-order valence-corrected chi connectivity index (χ3v) is 4.38. The number of nitrogens with zero attached hydrogens (tertiary/aromatic N) is 1. The second-order valence-corrected chi connectivity index (χ2v) is 6.27. The molecule has 104 valence electrons. The van der Waals surface area contributed by atoms with Crippen LogP contribution in [0, 0.1) is 11.8 Å². The summed E-state index contributed by atoms with van der Waals surface area (Å²) in [6.07, 6.45) is 5.21. The standard InChI is InChI=1S/C15H32BrN/c1-6-9-14(10-16)12-17(11-13(4)5)15(7-2)8-3/h13-15H,6-12H2,1-5H3. The van der Waals surface area contributed by atoms with Crippen molar-refractivity contribution in [2.75, 3.05) is 18.4 Å². The largest absolute Gasteiger partial charge is 0.300 e. The van der Waals surface area contributed by atoms with Crippen LogP contribution < -0.4 is 0 Å². The second kappa shape index (κ2) is 10.4. The number of hydrogen-bond acceptors (Lipinski definition) is 1. The number of alkyl halides is 1. The lowest BCUT2D eigenvalue weighted by Gasteiger charge is -2.34. The second-order valence-electron chi connectivity index (χ2n) is 5.63. The van der Waals surface area contributed by atoms with E-state index in [0.717, 1.165) is 23.2 Å². The van der Waals surface area contributed by atoms with E-state index in [9.17, 15) is 0 Å². The van der Waals surface area contributed by atoms with Gasteiger partial charge in [-0.3, -0.25) is 4.90 Å². The molecule has 1 nitrogen and oxygen atoms in total. The number of halogens is 1. The van der Waals surface area contributed by atoms with Crippen LogP contribution >= 0.6 is 15.9 Å². The fraction of sp³-hybridized carbons (Fsp3) is 1.00. The summed E-state index contributed by atoms with van der Waals surface area (Å²) in [7, 11) is 0. The van der Waals surface area contributed by atoms with Gasteiger partial charge in [-0.05, 0) is 31.1 Å². The van der Waals surface area contributed by atoms with Gasteiger partial charge in [0.2, 0.25) is 0 Å². The summed E-state index contributed by atoms with van der Waals surface area (Å²) < 4.78 is 0. The minimum absolute atomic E-state index is 0.771. The minimum Gasteiger partial charge on any atom is -0.300 e. The first-order valence-electron chi connectivity index (χ1n) is 7.38. The van der Waals surface area contributed by atoms with E-state index in [4.69, 9.17) is 0 Å². The van der Waals surface area contributed by atoms with E-state index >= 15 is 0 Å². The van der Waals surface area contributed by atoms with E-state index in [2.05, 4.69) is 55.4 Å². The molecule has 0 N–H and O–H groups in total. The Bertz CT molecular complexity index is 166. The molecular formula is C15H32BrN. The molecule has 0 aromatic carbocycles. The Hall–Kier alpha value is 0.440. The summed E-state index contributed by atoms with van der Waals surface area (Å²) >= 11 is 3.68. The van der Waals surface area contributed by atoms with Crippen LogP contribution in [0.3, 0.4) is 0 Å². The predicted molar refractivity (Wildman–Crippen MR) is 83.0 cm³/mol. The molecule has 0 aliphatic carbocycles. The molecule has 0 saturated carbocycles. The van der Waals surface area contributed by atoms with Crippen molar-refractivity contribution in [2.24, 2.45) is 11.8 Å². The zero-order chi connectivity index (χ0) is 13.3. The Morgan fingerprint density at radius 2 is 1.59 bits per heavy atom. The molecule has 0 amide bonds. The van der Waals surface area contributed by atoms with Crippen molar-refractivity contribution in [3.05, 3.63) is 0 Å². The lowest BCUT2D eigenvalue weighted by Crippen LogP contribution is -2.40. The molecule has 0 radical (unpaired) electrons. The monoisotopic (exact) mass is 305 g/mol. The third kappa shape index (κ3) is 7.46. The van der Waals surface area contributed by atoms with Crippen molar-refractivity contribution in [1.82, 2.24) is 4.90 Å². The normalized spacial score (nSPS) is 13.9. The molecular weight excluding hydrogens is 274 g/mol. The fourth-order valence-electron chi connectivity index (χ4n) is 2.60. The lowest BCUT2D eigenvalue weighted by atomic mass is 10.0. The summed E-state index contributed by atoms with van der Waals surface area (Å²) in [6, 6.07) is 0.774. The molecule has 0 aliphatic rings. The van der Waals surface area contributed by atoms with Crippen LogP contribution in [-0.2, 0) is 0 Å². The fourth-order valence-corrected chi connectivity index (χ4v) is 3.13. The number of hydrogen-bond donors (Lipinski definition) is 0. The van der Waals surface area contributed by atoms with Crippen molar-refractivity contribution in [2.45, 2.75) is 66.3 Å². The van der Waals surface area contributed by atoms with Crippen LogP contribution in [0.25, 0.3) is 0 Å². The van der Waals surface area contributed by atoms with Gasteiger partial charge in [-0.1, -0.05) is 57.0 Å². The van der Waals surface area contributed by atoms with Gasteiger partial charge < -0.3 is 0 Å². The number of rotatable bonds is 10. The van der Waals surface area contributed by atoms with Gasteiger partial charge in [-0.2, -0.15) is 0 Å². The highest BCUT2D eigenvalue weighted by atomic mass is 79.9. The van der Waals surface area contributed by atoms with Gasteiger partial charge in [0.05, 0.1) is 0 Å². The maximum absolute atomic E-state index is 3.68. The zero-order valence-electron chi connectivity index (χ0n) is 12.5. The average molecular weight is 306 g/mol. The highest BCUT2D eigenvalue weighted by Crippen LogP contribution is 2.18. The molecule has 0 aromatic heterocycles. The van der Waals surface area contributed by atoms with Gasteiger partial charge >= 0.3 is 0 Å². The van der Waals surface area contributed by atoms with Crippen LogP contribution in [0.5, 0.6) is 0 Å². The van der Waals surface area contributed by atoms with E-state index in [1.54, 1.807) is 0 Å². The van der Waals surface area contributed by atoms with Crippen LogP contribution in [0.15, 0.2) is 0 Å². The van der Waals surface area contributed by atoms with Crippen molar-refractivity contribution in [1.29, 1.82) is 0 Å². The van der Waals surface area contributed by atoms with E-state index in [0.29, 0.717) is 0 Å². The van der Waals surface area contributed by atoms with Gasteiger partial charge in [-0.25, -0.2) is 0 Å². The molecule has 0 fully saturated rings. The SMILES string of the molecule is CCCC(CBr)CN(CC(C)C)C(CC)CC.